The molecule has 1 saturated heterocycles. The van der Waals surface area contributed by atoms with E-state index in [1.807, 2.05) is 12.1 Å². The topological polar surface area (TPSA) is 38.0 Å². The van der Waals surface area contributed by atoms with Gasteiger partial charge in [0.2, 0.25) is 0 Å². The minimum Gasteiger partial charge on any atom is -0.330 e. The van der Waals surface area contributed by atoms with Crippen LogP contribution in [0.2, 0.25) is 5.02 Å². The normalized spacial score (nSPS) is 19.2. The molecule has 0 radical (unpaired) electrons. The van der Waals surface area contributed by atoms with E-state index in [0.717, 1.165) is 18.1 Å². The summed E-state index contributed by atoms with van der Waals surface area (Å²) in [5, 5.41) is 4.31. The highest BCUT2D eigenvalue weighted by atomic mass is 35.5. The van der Waals surface area contributed by atoms with Crippen molar-refractivity contribution in [1.29, 1.82) is 0 Å². The average molecular weight is 253 g/mol. The summed E-state index contributed by atoms with van der Waals surface area (Å²) in [6, 6.07) is 6.22. The van der Waals surface area contributed by atoms with Gasteiger partial charge in [0.05, 0.1) is 0 Å². The number of benzene rings is 1. The van der Waals surface area contributed by atoms with Gasteiger partial charge in [0.15, 0.2) is 0 Å². The van der Waals surface area contributed by atoms with Crippen molar-refractivity contribution in [3.05, 3.63) is 34.3 Å². The number of nitrogens with one attached hydrogen (secondary N) is 1. The lowest BCUT2D eigenvalue weighted by Crippen LogP contribution is -2.27. The van der Waals surface area contributed by atoms with Crippen LogP contribution in [0.5, 0.6) is 0 Å². The maximum absolute atomic E-state index is 6.40. The SMILES string of the molecule is CC(CN)c1cccc(Cl)c1C1CCNCC1. The van der Waals surface area contributed by atoms with Gasteiger partial charge < -0.3 is 11.1 Å². The van der Waals surface area contributed by atoms with Crippen LogP contribution in [0.1, 0.15) is 42.7 Å². The Labute approximate surface area is 109 Å². The van der Waals surface area contributed by atoms with Gasteiger partial charge in [-0.05, 0) is 61.5 Å². The predicted molar refractivity (Wildman–Crippen MR) is 73.8 cm³/mol. The highest BCUT2D eigenvalue weighted by Gasteiger charge is 2.22. The fraction of sp³-hybridized carbons (Fsp3) is 0.571. The zero-order valence-corrected chi connectivity index (χ0v) is 11.1. The first-order valence-corrected chi connectivity index (χ1v) is 6.81. The summed E-state index contributed by atoms with van der Waals surface area (Å²) in [5.41, 5.74) is 8.48. The van der Waals surface area contributed by atoms with E-state index in [-0.39, 0.29) is 0 Å². The van der Waals surface area contributed by atoms with Crippen molar-refractivity contribution in [3.8, 4) is 0 Å². The van der Waals surface area contributed by atoms with Gasteiger partial charge in [0.1, 0.15) is 0 Å². The van der Waals surface area contributed by atoms with E-state index < -0.39 is 0 Å². The Morgan fingerprint density at radius 2 is 2.12 bits per heavy atom. The Hall–Kier alpha value is -0.570. The van der Waals surface area contributed by atoms with Crippen LogP contribution >= 0.6 is 11.6 Å². The number of piperidine rings is 1. The second kappa shape index (κ2) is 5.85. The molecule has 1 aliphatic rings. The first-order valence-electron chi connectivity index (χ1n) is 6.43. The van der Waals surface area contributed by atoms with Gasteiger partial charge in [0, 0.05) is 5.02 Å². The maximum Gasteiger partial charge on any atom is 0.0443 e. The number of nitrogens with two attached hydrogens (primary N) is 1. The summed E-state index contributed by atoms with van der Waals surface area (Å²) in [7, 11) is 0. The zero-order chi connectivity index (χ0) is 12.3. The van der Waals surface area contributed by atoms with Gasteiger partial charge in [-0.1, -0.05) is 30.7 Å². The number of hydrogen-bond acceptors (Lipinski definition) is 2. The van der Waals surface area contributed by atoms with E-state index in [9.17, 15) is 0 Å². The Morgan fingerprint density at radius 3 is 2.76 bits per heavy atom. The van der Waals surface area contributed by atoms with Crippen molar-refractivity contribution in [2.75, 3.05) is 19.6 Å². The molecule has 1 aromatic rings. The van der Waals surface area contributed by atoms with E-state index in [1.165, 1.54) is 24.0 Å². The van der Waals surface area contributed by atoms with Gasteiger partial charge in [-0.3, -0.25) is 0 Å². The number of hydrogen-bond donors (Lipinski definition) is 2. The molecule has 1 atom stereocenters. The van der Waals surface area contributed by atoms with E-state index in [4.69, 9.17) is 17.3 Å². The highest BCUT2D eigenvalue weighted by Crippen LogP contribution is 2.36. The molecule has 94 valence electrons. The molecule has 1 heterocycles. The van der Waals surface area contributed by atoms with Crippen molar-refractivity contribution in [2.24, 2.45) is 5.73 Å². The van der Waals surface area contributed by atoms with Crippen molar-refractivity contribution in [3.63, 3.8) is 0 Å². The summed E-state index contributed by atoms with van der Waals surface area (Å²) in [5.74, 6) is 0.979. The molecule has 0 aromatic heterocycles. The second-order valence-electron chi connectivity index (χ2n) is 4.90. The summed E-state index contributed by atoms with van der Waals surface area (Å²) >= 11 is 6.40. The fourth-order valence-electron chi connectivity index (χ4n) is 2.65. The molecule has 0 bridgehead atoms. The van der Waals surface area contributed by atoms with Crippen molar-refractivity contribution < 1.29 is 0 Å². The molecule has 3 heteroatoms. The molecule has 0 saturated carbocycles. The molecule has 2 nitrogen and oxygen atoms in total. The molecule has 1 aromatic carbocycles. The lowest BCUT2D eigenvalue weighted by molar-refractivity contribution is 0.457. The molecule has 3 N–H and O–H groups in total. The molecule has 0 aliphatic carbocycles. The quantitative estimate of drug-likeness (QED) is 0.868. The summed E-state index contributed by atoms with van der Waals surface area (Å²) in [6.07, 6.45) is 2.35. The Bertz CT molecular complexity index is 372. The Morgan fingerprint density at radius 1 is 1.41 bits per heavy atom. The van der Waals surface area contributed by atoms with Crippen LogP contribution in [0, 0.1) is 0 Å². The largest absolute Gasteiger partial charge is 0.330 e. The molecule has 0 amide bonds. The van der Waals surface area contributed by atoms with E-state index in [0.29, 0.717) is 18.4 Å². The lowest BCUT2D eigenvalue weighted by atomic mass is 9.83. The van der Waals surface area contributed by atoms with Crippen molar-refractivity contribution in [1.82, 2.24) is 5.32 Å². The summed E-state index contributed by atoms with van der Waals surface area (Å²) < 4.78 is 0. The van der Waals surface area contributed by atoms with Crippen LogP contribution < -0.4 is 11.1 Å². The van der Waals surface area contributed by atoms with Gasteiger partial charge in [0.25, 0.3) is 0 Å². The first kappa shape index (κ1) is 12.9. The molecular weight excluding hydrogens is 232 g/mol. The second-order valence-corrected chi connectivity index (χ2v) is 5.31. The number of rotatable bonds is 3. The highest BCUT2D eigenvalue weighted by molar-refractivity contribution is 6.31. The molecule has 2 rings (SSSR count). The number of halogens is 1. The zero-order valence-electron chi connectivity index (χ0n) is 10.4. The third kappa shape index (κ3) is 2.82. The average Bonchev–Trinajstić information content (AvgIpc) is 2.38. The van der Waals surface area contributed by atoms with Crippen LogP contribution in [-0.2, 0) is 0 Å². The van der Waals surface area contributed by atoms with Gasteiger partial charge in [-0.2, -0.15) is 0 Å². The summed E-state index contributed by atoms with van der Waals surface area (Å²) in [6.45, 7) is 5.03. The molecule has 1 fully saturated rings. The summed E-state index contributed by atoms with van der Waals surface area (Å²) in [4.78, 5) is 0. The van der Waals surface area contributed by atoms with Gasteiger partial charge in [-0.25, -0.2) is 0 Å². The van der Waals surface area contributed by atoms with Crippen LogP contribution in [-0.4, -0.2) is 19.6 Å². The third-order valence-corrected chi connectivity index (χ3v) is 4.05. The maximum atomic E-state index is 6.40. The van der Waals surface area contributed by atoms with Gasteiger partial charge in [-0.15, -0.1) is 0 Å². The smallest absolute Gasteiger partial charge is 0.0443 e. The van der Waals surface area contributed by atoms with Crippen molar-refractivity contribution >= 4 is 11.6 Å². The monoisotopic (exact) mass is 252 g/mol. The van der Waals surface area contributed by atoms with Crippen LogP contribution in [0.15, 0.2) is 18.2 Å². The standard InChI is InChI=1S/C14H21ClN2/c1-10(9-16)12-3-2-4-13(15)14(12)11-5-7-17-8-6-11/h2-4,10-11,17H,5-9,16H2,1H3. The minimum absolute atomic E-state index is 0.388. The van der Waals surface area contributed by atoms with Gasteiger partial charge >= 0.3 is 0 Å². The first-order chi connectivity index (χ1) is 8.24. The molecule has 1 aliphatic heterocycles. The minimum atomic E-state index is 0.388. The van der Waals surface area contributed by atoms with Crippen LogP contribution in [0.25, 0.3) is 0 Å². The molecule has 17 heavy (non-hydrogen) atoms. The Kier molecular flexibility index (Phi) is 4.43. The molecule has 0 spiro atoms. The van der Waals surface area contributed by atoms with Crippen LogP contribution in [0.3, 0.4) is 0 Å². The third-order valence-electron chi connectivity index (χ3n) is 3.72. The molecular formula is C14H21ClN2. The molecule has 1 unspecified atom stereocenters. The fourth-order valence-corrected chi connectivity index (χ4v) is 2.99. The lowest BCUT2D eigenvalue weighted by Gasteiger charge is -2.27. The van der Waals surface area contributed by atoms with E-state index in [2.05, 4.69) is 18.3 Å². The Balaban J connectivity index is 2.35. The predicted octanol–water partition coefficient (Wildman–Crippen LogP) is 2.87. The van der Waals surface area contributed by atoms with E-state index in [1.54, 1.807) is 0 Å². The van der Waals surface area contributed by atoms with E-state index >= 15 is 0 Å². The van der Waals surface area contributed by atoms with Crippen LogP contribution in [0.4, 0.5) is 0 Å². The van der Waals surface area contributed by atoms with Crippen molar-refractivity contribution in [2.45, 2.75) is 31.6 Å².